The highest BCUT2D eigenvalue weighted by Crippen LogP contribution is 2.28. The maximum atomic E-state index is 11.6. The molecule has 1 aromatic rings. The Labute approximate surface area is 126 Å². The molecule has 1 amide bonds. The minimum atomic E-state index is -0.182. The summed E-state index contributed by atoms with van der Waals surface area (Å²) in [5, 5.41) is 8.18. The van der Waals surface area contributed by atoms with Gasteiger partial charge in [0.25, 0.3) is 0 Å². The van der Waals surface area contributed by atoms with Gasteiger partial charge < -0.3 is 11.1 Å². The molecule has 0 spiro atoms. The molecule has 1 saturated carbocycles. The number of rotatable bonds is 4. The number of nitrogens with one attached hydrogen (secondary N) is 1. The molecule has 1 aliphatic heterocycles. The highest BCUT2D eigenvalue weighted by atomic mass is 16.1. The molecule has 2 heterocycles. The first kappa shape index (κ1) is 14.6. The van der Waals surface area contributed by atoms with E-state index in [-0.39, 0.29) is 17.9 Å². The zero-order chi connectivity index (χ0) is 14.7. The van der Waals surface area contributed by atoms with Gasteiger partial charge in [-0.1, -0.05) is 19.3 Å². The number of amides is 1. The van der Waals surface area contributed by atoms with E-state index in [0.29, 0.717) is 6.04 Å². The van der Waals surface area contributed by atoms with Gasteiger partial charge in [-0.05, 0) is 38.3 Å². The van der Waals surface area contributed by atoms with Gasteiger partial charge in [0.1, 0.15) is 0 Å². The lowest BCUT2D eigenvalue weighted by Crippen LogP contribution is -2.48. The summed E-state index contributed by atoms with van der Waals surface area (Å²) in [5.74, 6) is -0.238. The van der Waals surface area contributed by atoms with Crippen LogP contribution >= 0.6 is 0 Å². The van der Waals surface area contributed by atoms with Crippen LogP contribution < -0.4 is 11.1 Å². The van der Waals surface area contributed by atoms with E-state index < -0.39 is 0 Å². The van der Waals surface area contributed by atoms with Crippen LogP contribution in [0.4, 0.5) is 0 Å². The van der Waals surface area contributed by atoms with Gasteiger partial charge in [0.2, 0.25) is 5.91 Å². The quantitative estimate of drug-likeness (QED) is 0.888. The molecule has 2 aliphatic rings. The summed E-state index contributed by atoms with van der Waals surface area (Å²) in [6.45, 7) is 0.970. The standard InChI is InChI=1S/C16H26N4O/c17-16(21)14-7-4-9-18-15(14)11-12-8-10-20(19-12)13-5-2-1-3-6-13/h8,10,13-15,18H,1-7,9,11H2,(H2,17,21). The summed E-state index contributed by atoms with van der Waals surface area (Å²) < 4.78 is 2.14. The molecule has 0 aromatic carbocycles. The van der Waals surface area contributed by atoms with E-state index in [2.05, 4.69) is 22.3 Å². The van der Waals surface area contributed by atoms with E-state index in [1.807, 2.05) is 0 Å². The lowest BCUT2D eigenvalue weighted by atomic mass is 9.87. The summed E-state index contributed by atoms with van der Waals surface area (Å²) >= 11 is 0. The van der Waals surface area contributed by atoms with Gasteiger partial charge in [-0.3, -0.25) is 9.48 Å². The third-order valence-electron chi connectivity index (χ3n) is 4.99. The Morgan fingerprint density at radius 3 is 2.86 bits per heavy atom. The number of nitrogens with zero attached hydrogens (tertiary/aromatic N) is 2. The normalized spacial score (nSPS) is 27.6. The van der Waals surface area contributed by atoms with Crippen molar-refractivity contribution in [1.29, 1.82) is 0 Å². The molecule has 21 heavy (non-hydrogen) atoms. The van der Waals surface area contributed by atoms with Gasteiger partial charge in [0.15, 0.2) is 0 Å². The fraction of sp³-hybridized carbons (Fsp3) is 0.750. The molecule has 3 rings (SSSR count). The van der Waals surface area contributed by atoms with E-state index >= 15 is 0 Å². The van der Waals surface area contributed by atoms with Crippen LogP contribution in [0.1, 0.15) is 56.7 Å². The first-order valence-electron chi connectivity index (χ1n) is 8.31. The predicted molar refractivity (Wildman–Crippen MR) is 81.8 cm³/mol. The van der Waals surface area contributed by atoms with Crippen LogP contribution in [0, 0.1) is 5.92 Å². The monoisotopic (exact) mass is 290 g/mol. The Hall–Kier alpha value is -1.36. The summed E-state index contributed by atoms with van der Waals surface area (Å²) in [6, 6.07) is 2.81. The number of hydrogen-bond donors (Lipinski definition) is 2. The number of nitrogens with two attached hydrogens (primary N) is 1. The smallest absolute Gasteiger partial charge is 0.222 e. The Morgan fingerprint density at radius 2 is 2.10 bits per heavy atom. The molecule has 5 heteroatoms. The Morgan fingerprint density at radius 1 is 1.29 bits per heavy atom. The Balaban J connectivity index is 1.64. The second-order valence-corrected chi connectivity index (χ2v) is 6.49. The van der Waals surface area contributed by atoms with Crippen molar-refractivity contribution in [3.8, 4) is 0 Å². The zero-order valence-corrected chi connectivity index (χ0v) is 12.6. The van der Waals surface area contributed by atoms with Crippen molar-refractivity contribution in [1.82, 2.24) is 15.1 Å². The van der Waals surface area contributed by atoms with Crippen LogP contribution in [-0.4, -0.2) is 28.3 Å². The number of carbonyl (C=O) groups is 1. The minimum Gasteiger partial charge on any atom is -0.369 e. The topological polar surface area (TPSA) is 72.9 Å². The van der Waals surface area contributed by atoms with Crippen LogP contribution in [0.25, 0.3) is 0 Å². The molecule has 0 radical (unpaired) electrons. The molecule has 1 saturated heterocycles. The molecule has 5 nitrogen and oxygen atoms in total. The number of primary amides is 1. The maximum absolute atomic E-state index is 11.6. The molecular weight excluding hydrogens is 264 g/mol. The van der Waals surface area contributed by atoms with Crippen molar-refractivity contribution in [3.63, 3.8) is 0 Å². The summed E-state index contributed by atoms with van der Waals surface area (Å²) in [7, 11) is 0. The lowest BCUT2D eigenvalue weighted by Gasteiger charge is -2.30. The summed E-state index contributed by atoms with van der Waals surface area (Å²) in [5.41, 5.74) is 6.60. The fourth-order valence-corrected chi connectivity index (χ4v) is 3.77. The highest BCUT2D eigenvalue weighted by Gasteiger charge is 2.29. The van der Waals surface area contributed by atoms with Crippen molar-refractivity contribution in [2.45, 2.75) is 63.5 Å². The molecule has 2 atom stereocenters. The minimum absolute atomic E-state index is 0.0569. The predicted octanol–water partition coefficient (Wildman–Crippen LogP) is 1.78. The van der Waals surface area contributed by atoms with Crippen molar-refractivity contribution in [3.05, 3.63) is 18.0 Å². The highest BCUT2D eigenvalue weighted by molar-refractivity contribution is 5.77. The van der Waals surface area contributed by atoms with Crippen LogP contribution in [-0.2, 0) is 11.2 Å². The average molecular weight is 290 g/mol. The molecule has 3 N–H and O–H groups in total. The Kier molecular flexibility index (Phi) is 4.58. The molecule has 2 fully saturated rings. The molecule has 1 aliphatic carbocycles. The van der Waals surface area contributed by atoms with Crippen molar-refractivity contribution in [2.75, 3.05) is 6.54 Å². The number of aromatic nitrogens is 2. The summed E-state index contributed by atoms with van der Waals surface area (Å²) in [6.07, 6.45) is 11.3. The summed E-state index contributed by atoms with van der Waals surface area (Å²) in [4.78, 5) is 11.6. The van der Waals surface area contributed by atoms with Gasteiger partial charge in [0.05, 0.1) is 17.7 Å². The van der Waals surface area contributed by atoms with Crippen LogP contribution in [0.5, 0.6) is 0 Å². The number of hydrogen-bond acceptors (Lipinski definition) is 3. The zero-order valence-electron chi connectivity index (χ0n) is 12.6. The largest absolute Gasteiger partial charge is 0.369 e. The van der Waals surface area contributed by atoms with E-state index in [9.17, 15) is 4.79 Å². The van der Waals surface area contributed by atoms with E-state index in [0.717, 1.165) is 31.5 Å². The van der Waals surface area contributed by atoms with Gasteiger partial charge in [-0.15, -0.1) is 0 Å². The van der Waals surface area contributed by atoms with Gasteiger partial charge >= 0.3 is 0 Å². The second-order valence-electron chi connectivity index (χ2n) is 6.49. The first-order valence-corrected chi connectivity index (χ1v) is 8.31. The number of carbonyl (C=O) groups excluding carboxylic acids is 1. The van der Waals surface area contributed by atoms with Crippen molar-refractivity contribution >= 4 is 5.91 Å². The van der Waals surface area contributed by atoms with Gasteiger partial charge in [-0.2, -0.15) is 5.10 Å². The SMILES string of the molecule is NC(=O)C1CCCNC1Cc1ccn(C2CCCCC2)n1. The molecule has 0 bridgehead atoms. The fourth-order valence-electron chi connectivity index (χ4n) is 3.77. The van der Waals surface area contributed by atoms with Crippen LogP contribution in [0.3, 0.4) is 0 Å². The number of piperidine rings is 1. The first-order chi connectivity index (χ1) is 10.2. The third kappa shape index (κ3) is 3.46. The van der Waals surface area contributed by atoms with Crippen molar-refractivity contribution < 1.29 is 4.79 Å². The van der Waals surface area contributed by atoms with E-state index in [1.54, 1.807) is 0 Å². The van der Waals surface area contributed by atoms with Crippen LogP contribution in [0.15, 0.2) is 12.3 Å². The van der Waals surface area contributed by atoms with Crippen molar-refractivity contribution in [2.24, 2.45) is 11.7 Å². The third-order valence-corrected chi connectivity index (χ3v) is 4.99. The molecule has 1 aromatic heterocycles. The van der Waals surface area contributed by atoms with E-state index in [1.165, 1.54) is 32.1 Å². The molecule has 2 unspecified atom stereocenters. The molecular formula is C16H26N4O. The average Bonchev–Trinajstić information content (AvgIpc) is 2.97. The lowest BCUT2D eigenvalue weighted by molar-refractivity contribution is -0.123. The van der Waals surface area contributed by atoms with E-state index in [4.69, 9.17) is 10.8 Å². The Bertz CT molecular complexity index is 478. The second kappa shape index (κ2) is 6.60. The van der Waals surface area contributed by atoms with Gasteiger partial charge in [-0.25, -0.2) is 0 Å². The van der Waals surface area contributed by atoms with Gasteiger partial charge in [0, 0.05) is 18.7 Å². The maximum Gasteiger partial charge on any atom is 0.222 e. The van der Waals surface area contributed by atoms with Crippen LogP contribution in [0.2, 0.25) is 0 Å². The molecule has 116 valence electrons.